The first kappa shape index (κ1) is 19.4. The van der Waals surface area contributed by atoms with Crippen LogP contribution in [0.3, 0.4) is 0 Å². The summed E-state index contributed by atoms with van der Waals surface area (Å²) < 4.78 is 1.86. The van der Waals surface area contributed by atoms with Crippen molar-refractivity contribution < 1.29 is 0 Å². The van der Waals surface area contributed by atoms with E-state index in [0.717, 1.165) is 41.7 Å². The number of hydrogen-bond acceptors (Lipinski definition) is 3. The largest absolute Gasteiger partial charge is 0.356 e. The minimum absolute atomic E-state index is 0. The van der Waals surface area contributed by atoms with Gasteiger partial charge in [-0.3, -0.25) is 4.99 Å². The van der Waals surface area contributed by atoms with Crippen molar-refractivity contribution in [3.8, 4) is 5.82 Å². The Hall–Kier alpha value is -1.64. The van der Waals surface area contributed by atoms with Gasteiger partial charge in [-0.2, -0.15) is 5.10 Å². The van der Waals surface area contributed by atoms with Gasteiger partial charge in [0.2, 0.25) is 0 Å². The first-order chi connectivity index (χ1) is 10.6. The molecule has 2 heterocycles. The molecule has 7 heteroatoms. The SMILES string of the molecule is CCCNC(=NC)NCc1ccc(-n2nc(C)cc2C)nc1.I. The van der Waals surface area contributed by atoms with Crippen molar-refractivity contribution in [2.45, 2.75) is 33.7 Å². The summed E-state index contributed by atoms with van der Waals surface area (Å²) in [6.45, 7) is 7.74. The van der Waals surface area contributed by atoms with Crippen LogP contribution < -0.4 is 10.6 Å². The van der Waals surface area contributed by atoms with Crippen molar-refractivity contribution >= 4 is 29.9 Å². The molecule has 126 valence electrons. The Morgan fingerprint density at radius 1 is 1.26 bits per heavy atom. The summed E-state index contributed by atoms with van der Waals surface area (Å²) >= 11 is 0. The lowest BCUT2D eigenvalue weighted by Crippen LogP contribution is -2.37. The molecule has 2 aromatic rings. The topological polar surface area (TPSA) is 67.1 Å². The molecular weight excluding hydrogens is 403 g/mol. The van der Waals surface area contributed by atoms with E-state index in [0.29, 0.717) is 6.54 Å². The van der Waals surface area contributed by atoms with Gasteiger partial charge in [0.1, 0.15) is 0 Å². The monoisotopic (exact) mass is 428 g/mol. The van der Waals surface area contributed by atoms with Crippen LogP contribution in [0.2, 0.25) is 0 Å². The highest BCUT2D eigenvalue weighted by atomic mass is 127. The summed E-state index contributed by atoms with van der Waals surface area (Å²) in [7, 11) is 1.77. The third-order valence-corrected chi connectivity index (χ3v) is 3.26. The fourth-order valence-corrected chi connectivity index (χ4v) is 2.16. The van der Waals surface area contributed by atoms with E-state index in [1.807, 2.05) is 36.9 Å². The number of nitrogens with one attached hydrogen (secondary N) is 2. The second-order valence-electron chi connectivity index (χ2n) is 5.22. The van der Waals surface area contributed by atoms with Crippen LogP contribution >= 0.6 is 24.0 Å². The quantitative estimate of drug-likeness (QED) is 0.437. The molecule has 0 saturated carbocycles. The molecule has 2 N–H and O–H groups in total. The van der Waals surface area contributed by atoms with E-state index in [-0.39, 0.29) is 24.0 Å². The van der Waals surface area contributed by atoms with Crippen LogP contribution in [0, 0.1) is 13.8 Å². The van der Waals surface area contributed by atoms with Crippen molar-refractivity contribution in [1.29, 1.82) is 0 Å². The Balaban J connectivity index is 0.00000264. The van der Waals surface area contributed by atoms with Crippen molar-refractivity contribution in [2.24, 2.45) is 4.99 Å². The van der Waals surface area contributed by atoms with Gasteiger partial charge in [-0.05, 0) is 38.0 Å². The molecule has 2 aromatic heterocycles. The van der Waals surface area contributed by atoms with Gasteiger partial charge < -0.3 is 10.6 Å². The molecule has 0 saturated heterocycles. The third-order valence-electron chi connectivity index (χ3n) is 3.26. The normalized spacial score (nSPS) is 11.0. The predicted octanol–water partition coefficient (Wildman–Crippen LogP) is 2.58. The first-order valence-corrected chi connectivity index (χ1v) is 7.57. The van der Waals surface area contributed by atoms with Crippen molar-refractivity contribution in [3.05, 3.63) is 41.3 Å². The zero-order chi connectivity index (χ0) is 15.9. The molecule has 0 aliphatic heterocycles. The minimum atomic E-state index is 0. The summed E-state index contributed by atoms with van der Waals surface area (Å²) in [4.78, 5) is 8.67. The predicted molar refractivity (Wildman–Crippen MR) is 105 cm³/mol. The fraction of sp³-hybridized carbons (Fsp3) is 0.438. The summed E-state index contributed by atoms with van der Waals surface area (Å²) in [6.07, 6.45) is 2.94. The lowest BCUT2D eigenvalue weighted by molar-refractivity contribution is 0.775. The lowest BCUT2D eigenvalue weighted by Gasteiger charge is -2.11. The summed E-state index contributed by atoms with van der Waals surface area (Å²) in [5.74, 6) is 1.65. The number of halogens is 1. The Morgan fingerprint density at radius 3 is 2.57 bits per heavy atom. The van der Waals surface area contributed by atoms with Crippen LogP contribution in [-0.2, 0) is 6.54 Å². The fourth-order valence-electron chi connectivity index (χ4n) is 2.16. The average Bonchev–Trinajstić information content (AvgIpc) is 2.87. The summed E-state index contributed by atoms with van der Waals surface area (Å²) in [6, 6.07) is 6.08. The number of guanidine groups is 1. The van der Waals surface area contributed by atoms with Crippen molar-refractivity contribution in [1.82, 2.24) is 25.4 Å². The molecule has 0 bridgehead atoms. The van der Waals surface area contributed by atoms with Gasteiger partial charge in [0.25, 0.3) is 0 Å². The smallest absolute Gasteiger partial charge is 0.191 e. The van der Waals surface area contributed by atoms with Crippen molar-refractivity contribution in [2.75, 3.05) is 13.6 Å². The Kier molecular flexibility index (Phi) is 8.01. The van der Waals surface area contributed by atoms with Crippen LogP contribution in [-0.4, -0.2) is 34.3 Å². The van der Waals surface area contributed by atoms with E-state index in [9.17, 15) is 0 Å². The molecule has 0 unspecified atom stereocenters. The second-order valence-corrected chi connectivity index (χ2v) is 5.22. The van der Waals surface area contributed by atoms with Gasteiger partial charge in [0.05, 0.1) is 5.69 Å². The first-order valence-electron chi connectivity index (χ1n) is 7.57. The molecule has 0 aromatic carbocycles. The van der Waals surface area contributed by atoms with Crippen LogP contribution in [0.4, 0.5) is 0 Å². The number of rotatable bonds is 5. The van der Waals surface area contributed by atoms with Crippen molar-refractivity contribution in [3.63, 3.8) is 0 Å². The average molecular weight is 428 g/mol. The molecular formula is C16H25IN6. The minimum Gasteiger partial charge on any atom is -0.356 e. The molecule has 6 nitrogen and oxygen atoms in total. The van der Waals surface area contributed by atoms with Crippen LogP contribution in [0.1, 0.15) is 30.3 Å². The molecule has 2 rings (SSSR count). The molecule has 0 fully saturated rings. The number of aromatic nitrogens is 3. The van der Waals surface area contributed by atoms with E-state index >= 15 is 0 Å². The summed E-state index contributed by atoms with van der Waals surface area (Å²) in [5, 5.41) is 11.0. The number of nitrogens with zero attached hydrogens (tertiary/aromatic N) is 4. The molecule has 0 aliphatic rings. The maximum Gasteiger partial charge on any atom is 0.191 e. The van der Waals surface area contributed by atoms with E-state index in [4.69, 9.17) is 0 Å². The molecule has 0 aliphatic carbocycles. The Labute approximate surface area is 154 Å². The molecule has 0 spiro atoms. The van der Waals surface area contributed by atoms with Crippen LogP contribution in [0.15, 0.2) is 29.4 Å². The maximum absolute atomic E-state index is 4.49. The van der Waals surface area contributed by atoms with Gasteiger partial charge in [-0.25, -0.2) is 9.67 Å². The standard InChI is InChI=1S/C16H24N6.HI/c1-5-8-18-16(17-4)20-11-14-6-7-15(19-10-14)22-13(3)9-12(2)21-22;/h6-7,9-10H,5,8,11H2,1-4H3,(H2,17,18,20);1H. The van der Waals surface area contributed by atoms with Gasteiger partial charge in [0.15, 0.2) is 11.8 Å². The Bertz CT molecular complexity index is 633. The molecule has 23 heavy (non-hydrogen) atoms. The molecule has 0 radical (unpaired) electrons. The van der Waals surface area contributed by atoms with Gasteiger partial charge >= 0.3 is 0 Å². The zero-order valence-electron chi connectivity index (χ0n) is 14.1. The van der Waals surface area contributed by atoms with Crippen LogP contribution in [0.5, 0.6) is 0 Å². The number of aryl methyl sites for hydroxylation is 2. The Morgan fingerprint density at radius 2 is 2.04 bits per heavy atom. The highest BCUT2D eigenvalue weighted by molar-refractivity contribution is 14.0. The van der Waals surface area contributed by atoms with E-state index in [1.54, 1.807) is 7.05 Å². The highest BCUT2D eigenvalue weighted by Crippen LogP contribution is 2.10. The van der Waals surface area contributed by atoms with Gasteiger partial charge in [0, 0.05) is 32.0 Å². The zero-order valence-corrected chi connectivity index (χ0v) is 16.5. The second kappa shape index (κ2) is 9.49. The van der Waals surface area contributed by atoms with E-state index in [1.165, 1.54) is 0 Å². The molecule has 0 amide bonds. The summed E-state index contributed by atoms with van der Waals surface area (Å²) in [5.41, 5.74) is 3.18. The van der Waals surface area contributed by atoms with E-state index in [2.05, 4.69) is 38.7 Å². The van der Waals surface area contributed by atoms with Crippen LogP contribution in [0.25, 0.3) is 5.82 Å². The number of aliphatic imine (C=N–C) groups is 1. The van der Waals surface area contributed by atoms with E-state index < -0.39 is 0 Å². The third kappa shape index (κ3) is 5.49. The van der Waals surface area contributed by atoms with Gasteiger partial charge in [-0.15, -0.1) is 24.0 Å². The molecule has 0 atom stereocenters. The lowest BCUT2D eigenvalue weighted by atomic mass is 10.3. The highest BCUT2D eigenvalue weighted by Gasteiger charge is 2.05. The number of pyridine rings is 1. The maximum atomic E-state index is 4.49. The number of hydrogen-bond donors (Lipinski definition) is 2. The van der Waals surface area contributed by atoms with Gasteiger partial charge in [-0.1, -0.05) is 13.0 Å².